The topological polar surface area (TPSA) is 69.6 Å². The standard InChI is InChI=1S/C13H15BrN2O3/c1-15-12(17)8-16(2)11-7-10(14)5-3-9(11)4-6-13(18)19/h3-7H,8H2,1-2H3,(H,15,17)(H,18,19)/b6-4+. The molecule has 1 amide bonds. The number of likely N-dealkylation sites (N-methyl/N-ethyl adjacent to an activating group) is 2. The lowest BCUT2D eigenvalue weighted by Gasteiger charge is -2.20. The lowest BCUT2D eigenvalue weighted by atomic mass is 10.1. The van der Waals surface area contributed by atoms with Gasteiger partial charge in [0.1, 0.15) is 0 Å². The summed E-state index contributed by atoms with van der Waals surface area (Å²) >= 11 is 3.36. The van der Waals surface area contributed by atoms with Gasteiger partial charge < -0.3 is 15.3 Å². The molecule has 0 heterocycles. The molecule has 0 aromatic heterocycles. The highest BCUT2D eigenvalue weighted by Gasteiger charge is 2.10. The first-order chi connectivity index (χ1) is 8.93. The van der Waals surface area contributed by atoms with E-state index in [-0.39, 0.29) is 12.5 Å². The van der Waals surface area contributed by atoms with Gasteiger partial charge in [-0.1, -0.05) is 22.0 Å². The number of amides is 1. The van der Waals surface area contributed by atoms with Gasteiger partial charge in [0.25, 0.3) is 0 Å². The number of carbonyl (C=O) groups excluding carboxylic acids is 1. The zero-order chi connectivity index (χ0) is 14.4. The van der Waals surface area contributed by atoms with Gasteiger partial charge in [-0.15, -0.1) is 0 Å². The molecule has 102 valence electrons. The van der Waals surface area contributed by atoms with Crippen molar-refractivity contribution in [2.24, 2.45) is 0 Å². The first-order valence-electron chi connectivity index (χ1n) is 5.56. The molecule has 0 radical (unpaired) electrons. The second-order valence-electron chi connectivity index (χ2n) is 3.90. The Kier molecular flexibility index (Phi) is 5.57. The number of nitrogens with one attached hydrogen (secondary N) is 1. The Morgan fingerprint density at radius 2 is 2.16 bits per heavy atom. The molecule has 5 nitrogen and oxygen atoms in total. The van der Waals surface area contributed by atoms with Gasteiger partial charge >= 0.3 is 5.97 Å². The number of carboxylic acid groups (broad SMARTS) is 1. The molecule has 0 spiro atoms. The van der Waals surface area contributed by atoms with Crippen LogP contribution in [0.5, 0.6) is 0 Å². The number of hydrogen-bond donors (Lipinski definition) is 2. The zero-order valence-electron chi connectivity index (χ0n) is 10.7. The number of nitrogens with zero attached hydrogens (tertiary/aromatic N) is 1. The number of halogens is 1. The van der Waals surface area contributed by atoms with Crippen molar-refractivity contribution >= 4 is 39.6 Å². The highest BCUT2D eigenvalue weighted by molar-refractivity contribution is 9.10. The number of carbonyl (C=O) groups is 2. The van der Waals surface area contributed by atoms with Crippen LogP contribution in [0.3, 0.4) is 0 Å². The second kappa shape index (κ2) is 6.94. The van der Waals surface area contributed by atoms with Crippen molar-refractivity contribution < 1.29 is 14.7 Å². The fraction of sp³-hybridized carbons (Fsp3) is 0.231. The predicted octanol–water partition coefficient (Wildman–Crippen LogP) is 1.73. The zero-order valence-corrected chi connectivity index (χ0v) is 12.3. The summed E-state index contributed by atoms with van der Waals surface area (Å²) in [7, 11) is 3.34. The molecule has 1 aromatic carbocycles. The summed E-state index contributed by atoms with van der Waals surface area (Å²) in [5.74, 6) is -1.13. The maximum atomic E-state index is 11.4. The van der Waals surface area contributed by atoms with E-state index in [0.29, 0.717) is 0 Å². The molecule has 0 bridgehead atoms. The Labute approximate surface area is 120 Å². The van der Waals surface area contributed by atoms with Crippen LogP contribution in [0.4, 0.5) is 5.69 Å². The molecule has 0 aliphatic heterocycles. The maximum Gasteiger partial charge on any atom is 0.328 e. The van der Waals surface area contributed by atoms with Crippen LogP contribution in [0, 0.1) is 0 Å². The molecule has 0 saturated carbocycles. The molecule has 0 atom stereocenters. The largest absolute Gasteiger partial charge is 0.478 e. The molecule has 1 rings (SSSR count). The van der Waals surface area contributed by atoms with E-state index in [1.54, 1.807) is 25.1 Å². The first-order valence-corrected chi connectivity index (χ1v) is 6.35. The van der Waals surface area contributed by atoms with Crippen LogP contribution < -0.4 is 10.2 Å². The SMILES string of the molecule is CNC(=O)CN(C)c1cc(Br)ccc1/C=C/C(=O)O. The van der Waals surface area contributed by atoms with Crippen LogP contribution in [0.25, 0.3) is 6.08 Å². The molecular weight excluding hydrogens is 312 g/mol. The van der Waals surface area contributed by atoms with E-state index in [9.17, 15) is 9.59 Å². The van der Waals surface area contributed by atoms with E-state index < -0.39 is 5.97 Å². The maximum absolute atomic E-state index is 11.4. The summed E-state index contributed by atoms with van der Waals surface area (Å²) in [5, 5.41) is 11.2. The number of benzene rings is 1. The van der Waals surface area contributed by atoms with Crippen molar-refractivity contribution in [3.8, 4) is 0 Å². The molecule has 0 aliphatic rings. The number of anilines is 1. The van der Waals surface area contributed by atoms with Gasteiger partial charge in [-0.3, -0.25) is 4.79 Å². The lowest BCUT2D eigenvalue weighted by Crippen LogP contribution is -2.33. The third-order valence-electron chi connectivity index (χ3n) is 2.47. The summed E-state index contributed by atoms with van der Waals surface area (Å²) < 4.78 is 0.860. The quantitative estimate of drug-likeness (QED) is 0.808. The Morgan fingerprint density at radius 1 is 1.47 bits per heavy atom. The average molecular weight is 327 g/mol. The van der Waals surface area contributed by atoms with Gasteiger partial charge in [-0.25, -0.2) is 4.79 Å². The van der Waals surface area contributed by atoms with Crippen molar-refractivity contribution in [2.75, 3.05) is 25.5 Å². The lowest BCUT2D eigenvalue weighted by molar-refractivity contribution is -0.131. The van der Waals surface area contributed by atoms with Crippen LogP contribution in [0.2, 0.25) is 0 Å². The van der Waals surface area contributed by atoms with Crippen molar-refractivity contribution in [2.45, 2.75) is 0 Å². The minimum absolute atomic E-state index is 0.115. The van der Waals surface area contributed by atoms with Crippen LogP contribution in [-0.2, 0) is 9.59 Å². The van der Waals surface area contributed by atoms with Gasteiger partial charge in [0.2, 0.25) is 5.91 Å². The number of hydrogen-bond acceptors (Lipinski definition) is 3. The fourth-order valence-electron chi connectivity index (χ4n) is 1.53. The molecular formula is C13H15BrN2O3. The minimum atomic E-state index is -1.01. The van der Waals surface area contributed by atoms with Gasteiger partial charge in [0.15, 0.2) is 0 Å². The minimum Gasteiger partial charge on any atom is -0.478 e. The van der Waals surface area contributed by atoms with E-state index in [1.165, 1.54) is 6.08 Å². The van der Waals surface area contributed by atoms with Gasteiger partial charge in [0.05, 0.1) is 6.54 Å². The molecule has 1 aromatic rings. The molecule has 6 heteroatoms. The van der Waals surface area contributed by atoms with Crippen molar-refractivity contribution in [3.63, 3.8) is 0 Å². The van der Waals surface area contributed by atoms with Crippen molar-refractivity contribution in [1.82, 2.24) is 5.32 Å². The van der Waals surface area contributed by atoms with Crippen molar-refractivity contribution in [3.05, 3.63) is 34.3 Å². The summed E-state index contributed by atoms with van der Waals surface area (Å²) in [6.45, 7) is 0.195. The van der Waals surface area contributed by atoms with E-state index in [4.69, 9.17) is 5.11 Å². The Morgan fingerprint density at radius 3 is 2.74 bits per heavy atom. The van der Waals surface area contributed by atoms with Crippen LogP contribution in [0.15, 0.2) is 28.7 Å². The number of carboxylic acids is 1. The summed E-state index contributed by atoms with van der Waals surface area (Å²) in [4.78, 5) is 23.7. The fourth-order valence-corrected chi connectivity index (χ4v) is 1.88. The second-order valence-corrected chi connectivity index (χ2v) is 4.82. The third kappa shape index (κ3) is 4.75. The normalized spacial score (nSPS) is 10.5. The van der Waals surface area contributed by atoms with E-state index in [2.05, 4.69) is 21.2 Å². The van der Waals surface area contributed by atoms with Crippen LogP contribution >= 0.6 is 15.9 Å². The Hall–Kier alpha value is -1.82. The smallest absolute Gasteiger partial charge is 0.328 e. The van der Waals surface area contributed by atoms with Crippen LogP contribution in [0.1, 0.15) is 5.56 Å². The molecule has 0 saturated heterocycles. The van der Waals surface area contributed by atoms with E-state index in [1.807, 2.05) is 12.1 Å². The number of rotatable bonds is 5. The third-order valence-corrected chi connectivity index (χ3v) is 2.96. The highest BCUT2D eigenvalue weighted by atomic mass is 79.9. The molecule has 0 unspecified atom stereocenters. The first kappa shape index (κ1) is 15.2. The van der Waals surface area contributed by atoms with Gasteiger partial charge in [0, 0.05) is 30.3 Å². The number of aliphatic carboxylic acids is 1. The predicted molar refractivity (Wildman–Crippen MR) is 78.1 cm³/mol. The van der Waals surface area contributed by atoms with E-state index >= 15 is 0 Å². The van der Waals surface area contributed by atoms with Gasteiger partial charge in [-0.05, 0) is 23.8 Å². The summed E-state index contributed by atoms with van der Waals surface area (Å²) in [6, 6.07) is 5.45. The Balaban J connectivity index is 3.06. The molecule has 0 fully saturated rings. The summed E-state index contributed by atoms with van der Waals surface area (Å²) in [6.07, 6.45) is 2.57. The average Bonchev–Trinajstić information content (AvgIpc) is 2.36. The van der Waals surface area contributed by atoms with Crippen molar-refractivity contribution in [1.29, 1.82) is 0 Å². The molecule has 2 N–H and O–H groups in total. The molecule has 0 aliphatic carbocycles. The molecule has 19 heavy (non-hydrogen) atoms. The Bertz CT molecular complexity index is 515. The monoisotopic (exact) mass is 326 g/mol. The van der Waals surface area contributed by atoms with Crippen LogP contribution in [-0.4, -0.2) is 37.6 Å². The highest BCUT2D eigenvalue weighted by Crippen LogP contribution is 2.25. The summed E-state index contributed by atoms with van der Waals surface area (Å²) in [5.41, 5.74) is 1.51. The van der Waals surface area contributed by atoms with E-state index in [0.717, 1.165) is 21.8 Å². The van der Waals surface area contributed by atoms with Gasteiger partial charge in [-0.2, -0.15) is 0 Å².